The number of carbonyl (C=O) groups is 1. The molecule has 2 N–H and O–H groups in total. The Morgan fingerprint density at radius 2 is 1.88 bits per heavy atom. The van der Waals surface area contributed by atoms with Crippen molar-refractivity contribution < 1.29 is 4.79 Å². The van der Waals surface area contributed by atoms with Crippen LogP contribution in [0.5, 0.6) is 0 Å². The first-order chi connectivity index (χ1) is 12.1. The fraction of sp³-hybridized carbons (Fsp3) is 0.333. The van der Waals surface area contributed by atoms with Gasteiger partial charge in [-0.15, -0.1) is 35.3 Å². The number of guanidine groups is 1. The molecule has 1 aromatic heterocycles. The Labute approximate surface area is 184 Å². The van der Waals surface area contributed by atoms with Crippen molar-refractivity contribution in [3.8, 4) is 0 Å². The topological polar surface area (TPSA) is 56.7 Å². The van der Waals surface area contributed by atoms with E-state index in [0.717, 1.165) is 34.8 Å². The average Bonchev–Trinajstić information content (AvgIpc) is 3.14. The first-order valence-corrected chi connectivity index (χ1v) is 9.75. The summed E-state index contributed by atoms with van der Waals surface area (Å²) in [5.74, 6) is 0.833. The third-order valence-electron chi connectivity index (χ3n) is 3.57. The summed E-state index contributed by atoms with van der Waals surface area (Å²) >= 11 is 4.90. The number of hydrogen-bond donors (Lipinski definition) is 2. The van der Waals surface area contributed by atoms with E-state index in [9.17, 15) is 4.79 Å². The van der Waals surface area contributed by atoms with Crippen molar-refractivity contribution in [1.29, 1.82) is 0 Å². The number of carbonyl (C=O) groups excluding carboxylic acids is 1. The molecule has 2 rings (SSSR count). The van der Waals surface area contributed by atoms with E-state index in [1.54, 1.807) is 7.05 Å². The standard InChI is InChI=1S/C18H23BrN4OS.HI/c1-20-18(23(2)13-14-6-8-15(19)9-7-14)22-11-4-10-21-17(24)16-5-3-12-25-16;/h3,5-9,12H,4,10-11,13H2,1-2H3,(H,20,22)(H,21,24);1H. The fourth-order valence-corrected chi connectivity index (χ4v) is 3.21. The largest absolute Gasteiger partial charge is 0.356 e. The Hall–Kier alpha value is -1.13. The highest BCUT2D eigenvalue weighted by atomic mass is 127. The summed E-state index contributed by atoms with van der Waals surface area (Å²) in [6.07, 6.45) is 0.836. The summed E-state index contributed by atoms with van der Waals surface area (Å²) < 4.78 is 1.08. The van der Waals surface area contributed by atoms with E-state index in [1.807, 2.05) is 36.7 Å². The van der Waals surface area contributed by atoms with Crippen LogP contribution in [0.3, 0.4) is 0 Å². The third-order valence-corrected chi connectivity index (χ3v) is 4.97. The summed E-state index contributed by atoms with van der Waals surface area (Å²) in [5, 5.41) is 8.16. The lowest BCUT2D eigenvalue weighted by Crippen LogP contribution is -2.39. The van der Waals surface area contributed by atoms with Crippen LogP contribution in [-0.4, -0.2) is 44.0 Å². The molecule has 0 bridgehead atoms. The Kier molecular flexibility index (Phi) is 10.8. The number of nitrogens with zero attached hydrogens (tertiary/aromatic N) is 2. The number of benzene rings is 1. The van der Waals surface area contributed by atoms with E-state index in [2.05, 4.69) is 48.6 Å². The zero-order chi connectivity index (χ0) is 18.1. The Morgan fingerprint density at radius 3 is 2.50 bits per heavy atom. The van der Waals surface area contributed by atoms with Gasteiger partial charge in [-0.1, -0.05) is 34.1 Å². The van der Waals surface area contributed by atoms with Crippen LogP contribution in [0.25, 0.3) is 0 Å². The average molecular weight is 551 g/mol. The van der Waals surface area contributed by atoms with Crippen molar-refractivity contribution in [3.63, 3.8) is 0 Å². The minimum absolute atomic E-state index is 0. The van der Waals surface area contributed by atoms with Crippen LogP contribution in [0.15, 0.2) is 51.2 Å². The highest BCUT2D eigenvalue weighted by molar-refractivity contribution is 14.0. The van der Waals surface area contributed by atoms with E-state index in [0.29, 0.717) is 6.54 Å². The van der Waals surface area contributed by atoms with Gasteiger partial charge in [0.15, 0.2) is 5.96 Å². The van der Waals surface area contributed by atoms with Gasteiger partial charge >= 0.3 is 0 Å². The summed E-state index contributed by atoms with van der Waals surface area (Å²) in [5.41, 5.74) is 1.22. The molecule has 2 aromatic rings. The van der Waals surface area contributed by atoms with Crippen LogP contribution in [0, 0.1) is 0 Å². The van der Waals surface area contributed by atoms with E-state index in [4.69, 9.17) is 0 Å². The molecule has 5 nitrogen and oxygen atoms in total. The Bertz CT molecular complexity index is 692. The third kappa shape index (κ3) is 7.63. The molecule has 0 unspecified atom stereocenters. The lowest BCUT2D eigenvalue weighted by Gasteiger charge is -2.22. The van der Waals surface area contributed by atoms with Crippen molar-refractivity contribution in [2.75, 3.05) is 27.2 Å². The number of nitrogens with one attached hydrogen (secondary N) is 2. The highest BCUT2D eigenvalue weighted by Crippen LogP contribution is 2.11. The number of aliphatic imine (C=N–C) groups is 1. The summed E-state index contributed by atoms with van der Waals surface area (Å²) in [6.45, 7) is 2.17. The Balaban J connectivity index is 0.00000338. The van der Waals surface area contributed by atoms with Crippen molar-refractivity contribution in [3.05, 3.63) is 56.7 Å². The second-order valence-electron chi connectivity index (χ2n) is 5.54. The molecule has 142 valence electrons. The minimum atomic E-state index is -0.00765. The molecule has 1 heterocycles. The van der Waals surface area contributed by atoms with Gasteiger partial charge in [0.1, 0.15) is 0 Å². The van der Waals surface area contributed by atoms with Gasteiger partial charge in [0.25, 0.3) is 5.91 Å². The van der Waals surface area contributed by atoms with Crippen molar-refractivity contribution in [1.82, 2.24) is 15.5 Å². The molecule has 8 heteroatoms. The predicted molar refractivity (Wildman–Crippen MR) is 124 cm³/mol. The van der Waals surface area contributed by atoms with Crippen LogP contribution < -0.4 is 10.6 Å². The van der Waals surface area contributed by atoms with Crippen molar-refractivity contribution in [2.24, 2.45) is 4.99 Å². The Morgan fingerprint density at radius 1 is 1.19 bits per heavy atom. The van der Waals surface area contributed by atoms with Crippen LogP contribution in [-0.2, 0) is 6.54 Å². The van der Waals surface area contributed by atoms with Crippen LogP contribution in [0.4, 0.5) is 0 Å². The number of thiophene rings is 1. The smallest absolute Gasteiger partial charge is 0.261 e. The van der Waals surface area contributed by atoms with Gasteiger partial charge in [0, 0.05) is 38.2 Å². The highest BCUT2D eigenvalue weighted by Gasteiger charge is 2.07. The monoisotopic (exact) mass is 550 g/mol. The quantitative estimate of drug-likeness (QED) is 0.237. The van der Waals surface area contributed by atoms with Gasteiger partial charge in [-0.2, -0.15) is 0 Å². The molecule has 0 atom stereocenters. The van der Waals surface area contributed by atoms with Gasteiger partial charge in [0.05, 0.1) is 4.88 Å². The zero-order valence-corrected chi connectivity index (χ0v) is 19.6. The maximum Gasteiger partial charge on any atom is 0.261 e. The molecule has 1 amide bonds. The first kappa shape index (κ1) is 22.9. The van der Waals surface area contributed by atoms with E-state index < -0.39 is 0 Å². The maximum absolute atomic E-state index is 11.8. The SMILES string of the molecule is CN=C(NCCCNC(=O)c1cccs1)N(C)Cc1ccc(Br)cc1.I. The first-order valence-electron chi connectivity index (χ1n) is 8.08. The fourth-order valence-electron chi connectivity index (χ4n) is 2.31. The van der Waals surface area contributed by atoms with Crippen LogP contribution >= 0.6 is 51.2 Å². The molecule has 0 fully saturated rings. The molecule has 0 radical (unpaired) electrons. The van der Waals surface area contributed by atoms with Crippen LogP contribution in [0.1, 0.15) is 21.7 Å². The molecule has 1 aromatic carbocycles. The molecule has 0 aliphatic rings. The van der Waals surface area contributed by atoms with Gasteiger partial charge < -0.3 is 15.5 Å². The summed E-state index contributed by atoms with van der Waals surface area (Å²) in [6, 6.07) is 12.0. The van der Waals surface area contributed by atoms with Crippen molar-refractivity contribution >= 4 is 63.1 Å². The molecule has 26 heavy (non-hydrogen) atoms. The zero-order valence-electron chi connectivity index (χ0n) is 14.9. The predicted octanol–water partition coefficient (Wildman–Crippen LogP) is 3.96. The number of rotatable bonds is 7. The summed E-state index contributed by atoms with van der Waals surface area (Å²) in [7, 11) is 3.79. The molecular weight excluding hydrogens is 527 g/mol. The summed E-state index contributed by atoms with van der Waals surface area (Å²) in [4.78, 5) is 19.0. The lowest BCUT2D eigenvalue weighted by atomic mass is 10.2. The van der Waals surface area contributed by atoms with Gasteiger partial charge in [-0.3, -0.25) is 9.79 Å². The van der Waals surface area contributed by atoms with E-state index >= 15 is 0 Å². The molecule has 0 saturated carbocycles. The molecule has 0 aliphatic heterocycles. The molecular formula is C18H24BrIN4OS. The number of amides is 1. The van der Waals surface area contributed by atoms with E-state index in [1.165, 1.54) is 16.9 Å². The van der Waals surface area contributed by atoms with Gasteiger partial charge in [0.2, 0.25) is 0 Å². The number of halogens is 2. The normalized spacial score (nSPS) is 10.8. The minimum Gasteiger partial charge on any atom is -0.356 e. The van der Waals surface area contributed by atoms with Crippen LogP contribution in [0.2, 0.25) is 0 Å². The maximum atomic E-state index is 11.8. The number of hydrogen-bond acceptors (Lipinski definition) is 3. The lowest BCUT2D eigenvalue weighted by molar-refractivity contribution is 0.0957. The van der Waals surface area contributed by atoms with E-state index in [-0.39, 0.29) is 29.9 Å². The second-order valence-corrected chi connectivity index (χ2v) is 7.41. The second kappa shape index (κ2) is 12.3. The van der Waals surface area contributed by atoms with Gasteiger partial charge in [-0.05, 0) is 35.6 Å². The molecule has 0 saturated heterocycles. The molecule has 0 aliphatic carbocycles. The molecule has 0 spiro atoms. The van der Waals surface area contributed by atoms with Crippen molar-refractivity contribution in [2.45, 2.75) is 13.0 Å². The van der Waals surface area contributed by atoms with Gasteiger partial charge in [-0.25, -0.2) is 0 Å².